The number of nitrogens with zero attached hydrogens (tertiary/aromatic N) is 5. The molecule has 0 aliphatic rings. The predicted molar refractivity (Wildman–Crippen MR) is 323 cm³/mol. The lowest BCUT2D eigenvalue weighted by Crippen LogP contribution is -2.37. The average Bonchev–Trinajstić information content (AvgIpc) is 3.63. The van der Waals surface area contributed by atoms with E-state index >= 15 is 0 Å². The number of nitrogens with two attached hydrogens (primary N) is 2. The normalized spacial score (nSPS) is 11.5. The van der Waals surface area contributed by atoms with Crippen molar-refractivity contribution in [3.05, 3.63) is 170 Å². The minimum Gasteiger partial charge on any atom is -0.497 e. The van der Waals surface area contributed by atoms with E-state index in [2.05, 4.69) is 31.2 Å². The van der Waals surface area contributed by atoms with Gasteiger partial charge in [0.25, 0.3) is 5.69 Å². The Kier molecular flexibility index (Phi) is 20.7. The van der Waals surface area contributed by atoms with E-state index in [-0.39, 0.29) is 79.0 Å². The van der Waals surface area contributed by atoms with E-state index < -0.39 is 36.8 Å². The van der Waals surface area contributed by atoms with Crippen molar-refractivity contribution in [1.82, 2.24) is 18.6 Å². The van der Waals surface area contributed by atoms with Gasteiger partial charge in [-0.25, -0.2) is 16.8 Å². The molecule has 0 saturated carbocycles. The number of nitrogens with one attached hydrogen (secondary N) is 4. The topological polar surface area (TPSA) is 296 Å². The third-order valence-electron chi connectivity index (χ3n) is 12.5. The molecule has 8 aromatic rings. The molecule has 0 aliphatic heterocycles. The minimum absolute atomic E-state index is 0.0179. The number of aromatic nitrogens is 2. The summed E-state index contributed by atoms with van der Waals surface area (Å²) >= 11 is 18.4. The number of carbonyl (C=O) groups is 2. The van der Waals surface area contributed by atoms with Crippen molar-refractivity contribution in [2.24, 2.45) is 0 Å². The molecule has 2 amide bonds. The number of hydrogen-bond donors (Lipinski definition) is 6. The Labute approximate surface area is 489 Å². The van der Waals surface area contributed by atoms with Crippen molar-refractivity contribution < 1.29 is 40.8 Å². The number of rotatable bonds is 23. The van der Waals surface area contributed by atoms with Crippen LogP contribution in [0, 0.1) is 24.0 Å². The zero-order valence-corrected chi connectivity index (χ0v) is 48.7. The molecule has 0 saturated heterocycles. The molecule has 21 nitrogen and oxygen atoms in total. The van der Waals surface area contributed by atoms with E-state index in [0.717, 1.165) is 50.6 Å². The Morgan fingerprint density at radius 3 is 1.35 bits per heavy atom. The van der Waals surface area contributed by atoms with E-state index in [4.69, 9.17) is 55.7 Å². The second-order valence-corrected chi connectivity index (χ2v) is 23.5. The van der Waals surface area contributed by atoms with Crippen LogP contribution in [0.15, 0.2) is 143 Å². The molecule has 0 aliphatic carbocycles. The fourth-order valence-corrected chi connectivity index (χ4v) is 11.8. The molecular formula is C56H58Cl3N11O10S2. The van der Waals surface area contributed by atoms with Gasteiger partial charge >= 0.3 is 0 Å². The summed E-state index contributed by atoms with van der Waals surface area (Å²) in [5, 5.41) is 26.1. The molecule has 0 bridgehead atoms. The largest absolute Gasteiger partial charge is 0.497 e. The van der Waals surface area contributed by atoms with E-state index in [1.807, 2.05) is 44.2 Å². The summed E-state index contributed by atoms with van der Waals surface area (Å²) < 4.78 is 67.3. The number of sulfonamides is 2. The van der Waals surface area contributed by atoms with Crippen molar-refractivity contribution in [3.8, 4) is 11.5 Å². The van der Waals surface area contributed by atoms with Crippen molar-refractivity contribution in [2.75, 3.05) is 86.2 Å². The summed E-state index contributed by atoms with van der Waals surface area (Å²) in [6.07, 6.45) is -0.335. The Balaban J connectivity index is 0.000000236. The van der Waals surface area contributed by atoms with E-state index in [1.165, 1.54) is 77.4 Å². The highest BCUT2D eigenvalue weighted by Gasteiger charge is 2.27. The summed E-state index contributed by atoms with van der Waals surface area (Å²) in [5.41, 5.74) is 17.1. The van der Waals surface area contributed by atoms with E-state index in [9.17, 15) is 36.5 Å². The van der Waals surface area contributed by atoms with Crippen molar-refractivity contribution >= 4 is 128 Å². The van der Waals surface area contributed by atoms with E-state index in [1.54, 1.807) is 42.5 Å². The third-order valence-corrected chi connectivity index (χ3v) is 17.1. The lowest BCUT2D eigenvalue weighted by Gasteiger charge is -2.23. The van der Waals surface area contributed by atoms with Gasteiger partial charge in [0.15, 0.2) is 0 Å². The first kappa shape index (κ1) is 61.6. The minimum atomic E-state index is -4.02. The number of fused-ring (bicyclic) bond motifs is 2. The van der Waals surface area contributed by atoms with Crippen LogP contribution in [0.2, 0.25) is 15.1 Å². The van der Waals surface area contributed by atoms with E-state index in [0.29, 0.717) is 37.9 Å². The summed E-state index contributed by atoms with van der Waals surface area (Å²) in [7, 11) is -4.98. The number of nitro benzene ring substituents is 1. The molecule has 2 heterocycles. The number of pyridine rings is 2. The number of carbonyl (C=O) groups excluding carboxylic acids is 2. The second-order valence-electron chi connectivity index (χ2n) is 18.3. The van der Waals surface area contributed by atoms with Gasteiger partial charge in [-0.1, -0.05) is 34.8 Å². The number of non-ortho nitro benzene ring substituents is 1. The Bertz CT molecular complexity index is 3870. The number of halogens is 3. The Morgan fingerprint density at radius 2 is 0.939 bits per heavy atom. The number of anilines is 6. The smallest absolute Gasteiger partial charge is 0.271 e. The van der Waals surface area contributed by atoms with Gasteiger partial charge < -0.3 is 42.2 Å². The molecule has 0 fully saturated rings. The first-order valence-corrected chi connectivity index (χ1v) is 29.1. The highest BCUT2D eigenvalue weighted by molar-refractivity contribution is 7.89. The van der Waals surface area contributed by atoms with Crippen LogP contribution in [0.4, 0.5) is 39.8 Å². The van der Waals surface area contributed by atoms with Gasteiger partial charge in [0.2, 0.25) is 31.9 Å². The van der Waals surface area contributed by atoms with Crippen LogP contribution < -0.4 is 42.2 Å². The third kappa shape index (κ3) is 16.1. The highest BCUT2D eigenvalue weighted by atomic mass is 35.5. The zero-order chi connectivity index (χ0) is 59.3. The number of aryl methyl sites for hydroxylation is 2. The molecule has 430 valence electrons. The molecule has 0 atom stereocenters. The summed E-state index contributed by atoms with van der Waals surface area (Å²) in [4.78, 5) is 45.2. The number of benzene rings is 6. The summed E-state index contributed by atoms with van der Waals surface area (Å²) in [6, 6.07) is 34.9. The molecule has 2 aromatic heterocycles. The number of methoxy groups -OCH3 is 2. The van der Waals surface area contributed by atoms with Crippen molar-refractivity contribution in [1.29, 1.82) is 0 Å². The lowest BCUT2D eigenvalue weighted by atomic mass is 10.1. The molecule has 0 unspecified atom stereocenters. The van der Waals surface area contributed by atoms with Gasteiger partial charge in [0, 0.05) is 113 Å². The van der Waals surface area contributed by atoms with Crippen molar-refractivity contribution in [2.45, 2.75) is 36.5 Å². The van der Waals surface area contributed by atoms with Crippen molar-refractivity contribution in [3.63, 3.8) is 0 Å². The number of ether oxygens (including phenoxy) is 2. The number of amides is 2. The number of nitrogen functional groups attached to an aromatic ring is 2. The van der Waals surface area contributed by atoms with Gasteiger partial charge in [0.1, 0.15) is 11.5 Å². The maximum Gasteiger partial charge on any atom is 0.271 e. The van der Waals surface area contributed by atoms with Crippen LogP contribution in [0.5, 0.6) is 11.5 Å². The molecule has 0 radical (unpaired) electrons. The Morgan fingerprint density at radius 1 is 0.549 bits per heavy atom. The summed E-state index contributed by atoms with van der Waals surface area (Å²) in [5.74, 6) is 0.0664. The standard InChI is InChI=1S/C28H29Cl2N5O4S.C28H29ClN6O6S/c1-18-15-26(23-16-19(29)4-10-25(23)33-18)32-12-14-35(40(37,38)22-7-5-21(39-2)6-8-22)13-11-28(36)34-27-17-20(30)3-9-24(27)31;1-18-15-26(23-16-19(29)3-10-25(23)32-18)31-12-14-34(42(39,40)22-7-5-21(41-2)6-8-22)13-11-28(36)33-27-17-20(35(37)38)4-9-24(27)30/h3-10,15-17H,11-14,31H2,1-2H3,(H,32,33)(H,34,36);3-10,15-17H,11-14,30H2,1-2H3,(H,31,32)(H,33,36). The zero-order valence-electron chi connectivity index (χ0n) is 44.8. The quantitative estimate of drug-likeness (QED) is 0.0197. The molecule has 82 heavy (non-hydrogen) atoms. The molecule has 26 heteroatoms. The average molecular weight is 1220 g/mol. The molecule has 0 spiro atoms. The number of nitro groups is 1. The van der Waals surface area contributed by atoms with Gasteiger partial charge in [0.05, 0.1) is 62.7 Å². The van der Waals surface area contributed by atoms with Crippen LogP contribution in [0.1, 0.15) is 24.2 Å². The van der Waals surface area contributed by atoms with Crippen LogP contribution in [0.3, 0.4) is 0 Å². The second kappa shape index (κ2) is 27.6. The summed E-state index contributed by atoms with van der Waals surface area (Å²) in [6.45, 7) is 4.08. The highest BCUT2D eigenvalue weighted by Crippen LogP contribution is 2.30. The monoisotopic (exact) mass is 1210 g/mol. The van der Waals surface area contributed by atoms with Gasteiger partial charge in [-0.3, -0.25) is 29.7 Å². The molecule has 8 rings (SSSR count). The first-order valence-electron chi connectivity index (χ1n) is 25.1. The lowest BCUT2D eigenvalue weighted by molar-refractivity contribution is -0.384. The van der Waals surface area contributed by atoms with Crippen LogP contribution in [0.25, 0.3) is 21.8 Å². The first-order chi connectivity index (χ1) is 39.0. The molecule has 8 N–H and O–H groups in total. The Hall–Kier alpha value is -8.03. The maximum absolute atomic E-state index is 13.6. The fraction of sp³-hybridized carbons (Fsp3) is 0.214. The van der Waals surface area contributed by atoms with Crippen LogP contribution >= 0.6 is 34.8 Å². The fourth-order valence-electron chi connectivity index (χ4n) is 8.36. The van der Waals surface area contributed by atoms with Gasteiger partial charge in [-0.2, -0.15) is 8.61 Å². The van der Waals surface area contributed by atoms with Crippen LogP contribution in [-0.2, 0) is 29.6 Å². The molecule has 6 aromatic carbocycles. The maximum atomic E-state index is 13.6. The predicted octanol–water partition coefficient (Wildman–Crippen LogP) is 10.4. The van der Waals surface area contributed by atoms with Gasteiger partial charge in [-0.15, -0.1) is 0 Å². The SMILES string of the molecule is COc1ccc(S(=O)(=O)N(CCNc2cc(C)nc3ccc(Cl)cc23)CCC(=O)Nc2cc(Cl)ccc2N)cc1.COc1ccc(S(=O)(=O)N(CCNc2cc(C)nc3ccc(Cl)cc23)CCC(=O)Nc2cc([N+](=O)[O-])ccc2N)cc1. The van der Waals surface area contributed by atoms with Crippen LogP contribution in [-0.4, -0.2) is 106 Å². The van der Waals surface area contributed by atoms with Gasteiger partial charge in [-0.05, 0) is 135 Å². The molecular weight excluding hydrogens is 1160 g/mol. The number of hydrogen-bond acceptors (Lipinski definition) is 16.